The molecule has 0 bridgehead atoms. The number of nitrogens with one attached hydrogen (secondary N) is 2. The Morgan fingerprint density at radius 3 is 2.48 bits per heavy atom. The molecule has 0 aromatic heterocycles. The first kappa shape index (κ1) is 20.4. The minimum Gasteiger partial charge on any atom is -0.356 e. The number of piperidine rings is 1. The molecule has 0 aliphatic carbocycles. The van der Waals surface area contributed by atoms with Crippen molar-refractivity contribution in [2.45, 2.75) is 30.6 Å². The zero-order valence-corrected chi connectivity index (χ0v) is 16.9. The van der Waals surface area contributed by atoms with Gasteiger partial charge in [-0.2, -0.15) is 0 Å². The van der Waals surface area contributed by atoms with Gasteiger partial charge >= 0.3 is 0 Å². The second kappa shape index (κ2) is 9.66. The van der Waals surface area contributed by atoms with Gasteiger partial charge < -0.3 is 10.2 Å². The first-order chi connectivity index (χ1) is 11.9. The second-order valence-corrected chi connectivity index (χ2v) is 9.17. The highest BCUT2D eigenvalue weighted by Crippen LogP contribution is 2.18. The average molecular weight is 432 g/mol. The minimum atomic E-state index is -3.57. The number of hydrogen-bond acceptors (Lipinski definition) is 4. The third kappa shape index (κ3) is 7.05. The Morgan fingerprint density at radius 2 is 1.84 bits per heavy atom. The smallest absolute Gasteiger partial charge is 0.240 e. The molecule has 0 unspecified atom stereocenters. The SMILES string of the molecule is CN1CCC(CCNC(=O)CCNS(=O)(=O)c2ccc(Br)cc2)CC1. The topological polar surface area (TPSA) is 78.5 Å². The molecule has 6 nitrogen and oxygen atoms in total. The van der Waals surface area contributed by atoms with Gasteiger partial charge in [0.25, 0.3) is 0 Å². The molecule has 1 amide bonds. The van der Waals surface area contributed by atoms with E-state index in [0.717, 1.165) is 24.0 Å². The van der Waals surface area contributed by atoms with Crippen LogP contribution >= 0.6 is 15.9 Å². The third-order valence-electron chi connectivity index (χ3n) is 4.48. The molecule has 25 heavy (non-hydrogen) atoms. The average Bonchev–Trinajstić information content (AvgIpc) is 2.57. The van der Waals surface area contributed by atoms with Crippen molar-refractivity contribution in [3.05, 3.63) is 28.7 Å². The van der Waals surface area contributed by atoms with Crippen LogP contribution in [0.15, 0.2) is 33.6 Å². The number of nitrogens with zero attached hydrogens (tertiary/aromatic N) is 1. The minimum absolute atomic E-state index is 0.0957. The lowest BCUT2D eigenvalue weighted by atomic mass is 9.94. The summed E-state index contributed by atoms with van der Waals surface area (Å²) in [6.45, 7) is 3.00. The fraction of sp³-hybridized carbons (Fsp3) is 0.588. The van der Waals surface area contributed by atoms with Gasteiger partial charge in [-0.25, -0.2) is 13.1 Å². The van der Waals surface area contributed by atoms with Gasteiger partial charge in [0, 0.05) is 24.0 Å². The van der Waals surface area contributed by atoms with Gasteiger partial charge in [-0.15, -0.1) is 0 Å². The van der Waals surface area contributed by atoms with Crippen LogP contribution in [0.1, 0.15) is 25.7 Å². The monoisotopic (exact) mass is 431 g/mol. The van der Waals surface area contributed by atoms with Crippen LogP contribution in [-0.4, -0.2) is 52.5 Å². The van der Waals surface area contributed by atoms with Gasteiger partial charge in [-0.05, 0) is 69.6 Å². The van der Waals surface area contributed by atoms with Crippen molar-refractivity contribution in [1.82, 2.24) is 14.9 Å². The molecular formula is C17H26BrN3O3S. The highest BCUT2D eigenvalue weighted by molar-refractivity contribution is 9.10. The Labute approximate surface area is 158 Å². The molecule has 1 aromatic carbocycles. The Bertz CT molecular complexity index is 656. The van der Waals surface area contributed by atoms with Crippen molar-refractivity contribution in [3.63, 3.8) is 0 Å². The van der Waals surface area contributed by atoms with Crippen molar-refractivity contribution in [1.29, 1.82) is 0 Å². The molecule has 1 aromatic rings. The number of halogens is 1. The van der Waals surface area contributed by atoms with Crippen molar-refractivity contribution < 1.29 is 13.2 Å². The first-order valence-electron chi connectivity index (χ1n) is 8.57. The summed E-state index contributed by atoms with van der Waals surface area (Å²) in [6.07, 6.45) is 3.49. The molecule has 2 N–H and O–H groups in total. The quantitative estimate of drug-likeness (QED) is 0.659. The maximum atomic E-state index is 12.1. The van der Waals surface area contributed by atoms with Gasteiger partial charge in [0.1, 0.15) is 0 Å². The lowest BCUT2D eigenvalue weighted by Crippen LogP contribution is -2.34. The zero-order chi connectivity index (χ0) is 18.3. The molecule has 1 heterocycles. The molecule has 0 atom stereocenters. The number of carbonyl (C=O) groups excluding carboxylic acids is 1. The van der Waals surface area contributed by atoms with E-state index in [9.17, 15) is 13.2 Å². The predicted octanol–water partition coefficient (Wildman–Crippen LogP) is 1.97. The normalized spacial score (nSPS) is 16.7. The van der Waals surface area contributed by atoms with E-state index >= 15 is 0 Å². The molecule has 1 aliphatic heterocycles. The number of hydrogen-bond donors (Lipinski definition) is 2. The molecule has 8 heteroatoms. The molecule has 1 fully saturated rings. The fourth-order valence-corrected chi connectivity index (χ4v) is 4.15. The first-order valence-corrected chi connectivity index (χ1v) is 10.8. The predicted molar refractivity (Wildman–Crippen MR) is 102 cm³/mol. The number of rotatable bonds is 8. The Morgan fingerprint density at radius 1 is 1.20 bits per heavy atom. The summed E-state index contributed by atoms with van der Waals surface area (Å²) in [6, 6.07) is 6.39. The molecule has 1 saturated heterocycles. The van der Waals surface area contributed by atoms with E-state index in [1.54, 1.807) is 12.1 Å². The largest absolute Gasteiger partial charge is 0.356 e. The second-order valence-electron chi connectivity index (χ2n) is 6.49. The van der Waals surface area contributed by atoms with Crippen LogP contribution in [-0.2, 0) is 14.8 Å². The summed E-state index contributed by atoms with van der Waals surface area (Å²) in [5.41, 5.74) is 0. The van der Waals surface area contributed by atoms with Gasteiger partial charge in [0.2, 0.25) is 15.9 Å². The summed E-state index contributed by atoms with van der Waals surface area (Å²) in [4.78, 5) is 14.4. The molecule has 0 radical (unpaired) electrons. The van der Waals surface area contributed by atoms with Gasteiger partial charge in [-0.1, -0.05) is 15.9 Å². The lowest BCUT2D eigenvalue weighted by Gasteiger charge is -2.28. The van der Waals surface area contributed by atoms with Gasteiger partial charge in [-0.3, -0.25) is 4.79 Å². The maximum absolute atomic E-state index is 12.1. The highest BCUT2D eigenvalue weighted by atomic mass is 79.9. The van der Waals surface area contributed by atoms with Gasteiger partial charge in [0.15, 0.2) is 0 Å². The van der Waals surface area contributed by atoms with Crippen LogP contribution in [0.4, 0.5) is 0 Å². The van der Waals surface area contributed by atoms with Crippen molar-refractivity contribution in [3.8, 4) is 0 Å². The summed E-state index contributed by atoms with van der Waals surface area (Å²) >= 11 is 3.27. The van der Waals surface area contributed by atoms with E-state index in [1.165, 1.54) is 25.0 Å². The Kier molecular flexibility index (Phi) is 7.86. The van der Waals surface area contributed by atoms with E-state index in [4.69, 9.17) is 0 Å². The molecule has 0 saturated carbocycles. The standard InChI is InChI=1S/C17H26BrN3O3S/c1-21-12-8-14(9-13-21)6-10-19-17(22)7-11-20-25(23,24)16-4-2-15(18)3-5-16/h2-5,14,20H,6-13H2,1H3,(H,19,22). The number of amides is 1. The van der Waals surface area contributed by atoms with Crippen LogP contribution in [0.5, 0.6) is 0 Å². The van der Waals surface area contributed by atoms with Crippen LogP contribution in [0.25, 0.3) is 0 Å². The van der Waals surface area contributed by atoms with E-state index < -0.39 is 10.0 Å². The highest BCUT2D eigenvalue weighted by Gasteiger charge is 2.17. The number of sulfonamides is 1. The van der Waals surface area contributed by atoms with E-state index in [-0.39, 0.29) is 23.8 Å². The summed E-state index contributed by atoms with van der Waals surface area (Å²) in [7, 11) is -1.44. The maximum Gasteiger partial charge on any atom is 0.240 e. The molecular weight excluding hydrogens is 406 g/mol. The van der Waals surface area contributed by atoms with Crippen molar-refractivity contribution >= 4 is 31.9 Å². The lowest BCUT2D eigenvalue weighted by molar-refractivity contribution is -0.120. The van der Waals surface area contributed by atoms with Crippen LogP contribution in [0.3, 0.4) is 0 Å². The molecule has 140 valence electrons. The van der Waals surface area contributed by atoms with Crippen LogP contribution < -0.4 is 10.0 Å². The summed E-state index contributed by atoms with van der Waals surface area (Å²) < 4.78 is 27.5. The molecule has 0 spiro atoms. The number of likely N-dealkylation sites (tertiary alicyclic amines) is 1. The van der Waals surface area contributed by atoms with Crippen LogP contribution in [0, 0.1) is 5.92 Å². The zero-order valence-electron chi connectivity index (χ0n) is 14.5. The van der Waals surface area contributed by atoms with Crippen LogP contribution in [0.2, 0.25) is 0 Å². The van der Waals surface area contributed by atoms with E-state index in [0.29, 0.717) is 12.5 Å². The number of benzene rings is 1. The summed E-state index contributed by atoms with van der Waals surface area (Å²) in [5.74, 6) is 0.554. The Hall–Kier alpha value is -0.960. The van der Waals surface area contributed by atoms with E-state index in [2.05, 4.69) is 37.9 Å². The van der Waals surface area contributed by atoms with Crippen molar-refractivity contribution in [2.24, 2.45) is 5.92 Å². The third-order valence-corrected chi connectivity index (χ3v) is 6.49. The Balaban J connectivity index is 1.64. The number of carbonyl (C=O) groups is 1. The van der Waals surface area contributed by atoms with E-state index in [1.807, 2.05) is 0 Å². The molecule has 1 aliphatic rings. The fourth-order valence-electron chi connectivity index (χ4n) is 2.85. The van der Waals surface area contributed by atoms with Crippen molar-refractivity contribution in [2.75, 3.05) is 33.2 Å². The summed E-state index contributed by atoms with van der Waals surface area (Å²) in [5, 5.41) is 2.88. The van der Waals surface area contributed by atoms with Gasteiger partial charge in [0.05, 0.1) is 4.90 Å². The molecule has 2 rings (SSSR count).